The van der Waals surface area contributed by atoms with E-state index in [9.17, 15) is 22.8 Å². The van der Waals surface area contributed by atoms with Gasteiger partial charge in [0.1, 0.15) is 0 Å². The number of benzene rings is 1. The molecular weight excluding hydrogens is 333 g/mol. The van der Waals surface area contributed by atoms with E-state index in [0.29, 0.717) is 19.6 Å². The topological polar surface area (TPSA) is 40.6 Å². The highest BCUT2D eigenvalue weighted by Gasteiger charge is 2.43. The zero-order chi connectivity index (χ0) is 18.2. The van der Waals surface area contributed by atoms with Crippen LogP contribution in [0.4, 0.5) is 13.2 Å². The SMILES string of the molecule is CC(=O)N1CCCC2(CCN(C(=O)c3cccc(C(F)(F)F)c3)C2)C1. The molecule has 0 aliphatic carbocycles. The first-order valence-corrected chi connectivity index (χ1v) is 8.42. The number of rotatable bonds is 1. The first-order chi connectivity index (χ1) is 11.7. The number of amides is 2. The summed E-state index contributed by atoms with van der Waals surface area (Å²) in [6, 6.07) is 4.56. The maximum atomic E-state index is 12.9. The normalized spacial score (nSPS) is 24.0. The van der Waals surface area contributed by atoms with Gasteiger partial charge in [0.25, 0.3) is 5.91 Å². The number of carbonyl (C=O) groups excluding carboxylic acids is 2. The molecule has 0 bridgehead atoms. The number of likely N-dealkylation sites (tertiary alicyclic amines) is 2. The van der Waals surface area contributed by atoms with Gasteiger partial charge in [-0.25, -0.2) is 0 Å². The standard InChI is InChI=1S/C18H21F3N2O2/c1-13(24)22-8-3-6-17(11-22)7-9-23(12-17)16(25)14-4-2-5-15(10-14)18(19,20)21/h2,4-5,10H,3,6-9,11-12H2,1H3. The predicted octanol–water partition coefficient (Wildman–Crippen LogP) is 3.18. The molecule has 1 spiro atoms. The second kappa shape index (κ2) is 6.35. The monoisotopic (exact) mass is 354 g/mol. The Bertz CT molecular complexity index is 689. The number of nitrogens with zero attached hydrogens (tertiary/aromatic N) is 2. The molecule has 2 aliphatic heterocycles. The molecule has 25 heavy (non-hydrogen) atoms. The van der Waals surface area contributed by atoms with Crippen LogP contribution in [0, 0.1) is 5.41 Å². The van der Waals surface area contributed by atoms with Gasteiger partial charge in [0, 0.05) is 44.1 Å². The average molecular weight is 354 g/mol. The van der Waals surface area contributed by atoms with Crippen LogP contribution < -0.4 is 0 Å². The van der Waals surface area contributed by atoms with E-state index >= 15 is 0 Å². The Labute approximate surface area is 144 Å². The zero-order valence-corrected chi connectivity index (χ0v) is 14.1. The first kappa shape index (κ1) is 17.8. The van der Waals surface area contributed by atoms with Crippen molar-refractivity contribution in [1.82, 2.24) is 9.80 Å². The Balaban J connectivity index is 1.74. The van der Waals surface area contributed by atoms with Gasteiger partial charge in [0.15, 0.2) is 0 Å². The summed E-state index contributed by atoms with van der Waals surface area (Å²) >= 11 is 0. The Morgan fingerprint density at radius 3 is 2.48 bits per heavy atom. The molecule has 0 N–H and O–H groups in total. The van der Waals surface area contributed by atoms with Crippen molar-refractivity contribution in [3.05, 3.63) is 35.4 Å². The Morgan fingerprint density at radius 1 is 1.08 bits per heavy atom. The van der Waals surface area contributed by atoms with Crippen LogP contribution >= 0.6 is 0 Å². The summed E-state index contributed by atoms with van der Waals surface area (Å²) < 4.78 is 38.6. The minimum Gasteiger partial charge on any atom is -0.342 e. The predicted molar refractivity (Wildman–Crippen MR) is 85.9 cm³/mol. The van der Waals surface area contributed by atoms with Crippen molar-refractivity contribution in [2.45, 2.75) is 32.4 Å². The molecule has 2 saturated heterocycles. The largest absolute Gasteiger partial charge is 0.416 e. The smallest absolute Gasteiger partial charge is 0.342 e. The lowest BCUT2D eigenvalue weighted by Crippen LogP contribution is -2.47. The third-order valence-electron chi connectivity index (χ3n) is 5.27. The summed E-state index contributed by atoms with van der Waals surface area (Å²) in [5, 5.41) is 0. The summed E-state index contributed by atoms with van der Waals surface area (Å²) in [6.45, 7) is 3.90. The Morgan fingerprint density at radius 2 is 1.80 bits per heavy atom. The highest BCUT2D eigenvalue weighted by molar-refractivity contribution is 5.94. The second-order valence-electron chi connectivity index (χ2n) is 7.10. The maximum absolute atomic E-state index is 12.9. The Kier molecular flexibility index (Phi) is 4.51. The van der Waals surface area contributed by atoms with Crippen molar-refractivity contribution < 1.29 is 22.8 Å². The fourth-order valence-corrected chi connectivity index (χ4v) is 3.93. The number of hydrogen-bond acceptors (Lipinski definition) is 2. The second-order valence-corrected chi connectivity index (χ2v) is 7.10. The average Bonchev–Trinajstić information content (AvgIpc) is 2.97. The number of piperidine rings is 1. The molecule has 3 rings (SSSR count). The fraction of sp³-hybridized carbons (Fsp3) is 0.556. The minimum atomic E-state index is -4.46. The number of alkyl halides is 3. The number of carbonyl (C=O) groups is 2. The summed E-state index contributed by atoms with van der Waals surface area (Å²) in [4.78, 5) is 27.7. The van der Waals surface area contributed by atoms with E-state index in [1.165, 1.54) is 12.1 Å². The lowest BCUT2D eigenvalue weighted by molar-refractivity contribution is -0.137. The molecule has 136 valence electrons. The summed E-state index contributed by atoms with van der Waals surface area (Å²) in [6.07, 6.45) is -1.86. The summed E-state index contributed by atoms with van der Waals surface area (Å²) in [5.41, 5.74) is -0.875. The van der Waals surface area contributed by atoms with E-state index in [2.05, 4.69) is 0 Å². The molecule has 2 aliphatic rings. The van der Waals surface area contributed by atoms with Gasteiger partial charge < -0.3 is 9.80 Å². The van der Waals surface area contributed by atoms with E-state index < -0.39 is 11.7 Å². The van der Waals surface area contributed by atoms with Crippen molar-refractivity contribution in [2.75, 3.05) is 26.2 Å². The fourth-order valence-electron chi connectivity index (χ4n) is 3.93. The molecule has 1 aromatic carbocycles. The molecule has 0 saturated carbocycles. The summed E-state index contributed by atoms with van der Waals surface area (Å²) in [5.74, 6) is -0.343. The quantitative estimate of drug-likeness (QED) is 0.777. The molecule has 2 heterocycles. The van der Waals surface area contributed by atoms with Gasteiger partial charge in [-0.3, -0.25) is 9.59 Å². The molecule has 1 unspecified atom stereocenters. The van der Waals surface area contributed by atoms with E-state index in [1.807, 2.05) is 4.90 Å². The Hall–Kier alpha value is -2.05. The third-order valence-corrected chi connectivity index (χ3v) is 5.27. The van der Waals surface area contributed by atoms with Crippen LogP contribution in [0.1, 0.15) is 42.1 Å². The van der Waals surface area contributed by atoms with Crippen LogP contribution in [0.3, 0.4) is 0 Å². The summed E-state index contributed by atoms with van der Waals surface area (Å²) in [7, 11) is 0. The molecule has 2 fully saturated rings. The highest BCUT2D eigenvalue weighted by Crippen LogP contribution is 2.39. The molecule has 2 amide bonds. The van der Waals surface area contributed by atoms with Gasteiger partial charge in [0.2, 0.25) is 5.91 Å². The van der Waals surface area contributed by atoms with Crippen LogP contribution in [0.2, 0.25) is 0 Å². The number of hydrogen-bond donors (Lipinski definition) is 0. The van der Waals surface area contributed by atoms with Gasteiger partial charge in [-0.05, 0) is 37.5 Å². The van der Waals surface area contributed by atoms with E-state index in [0.717, 1.165) is 37.9 Å². The lowest BCUT2D eigenvalue weighted by atomic mass is 9.79. The van der Waals surface area contributed by atoms with Crippen molar-refractivity contribution in [3.63, 3.8) is 0 Å². The van der Waals surface area contributed by atoms with Gasteiger partial charge in [-0.15, -0.1) is 0 Å². The molecule has 1 atom stereocenters. The van der Waals surface area contributed by atoms with E-state index in [-0.39, 0.29) is 22.8 Å². The van der Waals surface area contributed by atoms with Gasteiger partial charge in [-0.2, -0.15) is 13.2 Å². The van der Waals surface area contributed by atoms with Gasteiger partial charge >= 0.3 is 6.18 Å². The first-order valence-electron chi connectivity index (χ1n) is 8.42. The maximum Gasteiger partial charge on any atom is 0.416 e. The molecule has 0 radical (unpaired) electrons. The van der Waals surface area contributed by atoms with E-state index in [4.69, 9.17) is 0 Å². The molecule has 4 nitrogen and oxygen atoms in total. The van der Waals surface area contributed by atoms with Crippen LogP contribution in [-0.2, 0) is 11.0 Å². The van der Waals surface area contributed by atoms with Crippen LogP contribution in [0.5, 0.6) is 0 Å². The van der Waals surface area contributed by atoms with Crippen molar-refractivity contribution >= 4 is 11.8 Å². The molecule has 0 aromatic heterocycles. The van der Waals surface area contributed by atoms with Crippen molar-refractivity contribution in [2.24, 2.45) is 5.41 Å². The highest BCUT2D eigenvalue weighted by atomic mass is 19.4. The van der Waals surface area contributed by atoms with Gasteiger partial charge in [0.05, 0.1) is 5.56 Å². The van der Waals surface area contributed by atoms with E-state index in [1.54, 1.807) is 11.8 Å². The van der Waals surface area contributed by atoms with Crippen LogP contribution in [0.15, 0.2) is 24.3 Å². The van der Waals surface area contributed by atoms with Crippen LogP contribution in [-0.4, -0.2) is 47.8 Å². The van der Waals surface area contributed by atoms with Gasteiger partial charge in [-0.1, -0.05) is 6.07 Å². The zero-order valence-electron chi connectivity index (χ0n) is 14.1. The van der Waals surface area contributed by atoms with Crippen LogP contribution in [0.25, 0.3) is 0 Å². The van der Waals surface area contributed by atoms with Crippen molar-refractivity contribution in [3.8, 4) is 0 Å². The third kappa shape index (κ3) is 3.65. The molecule has 7 heteroatoms. The lowest BCUT2D eigenvalue weighted by Gasteiger charge is -2.40. The number of halogens is 3. The minimum absolute atomic E-state index is 0.0294. The molecular formula is C18H21F3N2O2. The molecule has 1 aromatic rings. The van der Waals surface area contributed by atoms with Crippen molar-refractivity contribution in [1.29, 1.82) is 0 Å².